The zero-order valence-corrected chi connectivity index (χ0v) is 14.6. The average molecular weight is 355 g/mol. The Balaban J connectivity index is 1.90. The second kappa shape index (κ2) is 9.22. The number of nitrogens with one attached hydrogen (secondary N) is 2. The van der Waals surface area contributed by atoms with Crippen molar-refractivity contribution in [2.24, 2.45) is 5.10 Å². The number of carbonyl (C=O) groups is 2. The number of amides is 2. The van der Waals surface area contributed by atoms with Crippen LogP contribution in [0.4, 0.5) is 0 Å². The summed E-state index contributed by atoms with van der Waals surface area (Å²) in [4.78, 5) is 23.7. The smallest absolute Gasteiger partial charge is 0.329 e. The molecular formula is C19H21N3O4. The fourth-order valence-electron chi connectivity index (χ4n) is 2.19. The Hall–Kier alpha value is -3.35. The maximum Gasteiger partial charge on any atom is 0.329 e. The van der Waals surface area contributed by atoms with Crippen molar-refractivity contribution in [2.75, 3.05) is 6.61 Å². The first kappa shape index (κ1) is 19.0. The Morgan fingerprint density at radius 1 is 1.19 bits per heavy atom. The van der Waals surface area contributed by atoms with E-state index in [1.807, 2.05) is 30.3 Å². The van der Waals surface area contributed by atoms with Crippen LogP contribution in [0.1, 0.15) is 31.0 Å². The number of ether oxygens (including phenoxy) is 1. The quantitative estimate of drug-likeness (QED) is 0.420. The molecule has 0 radical (unpaired) electrons. The summed E-state index contributed by atoms with van der Waals surface area (Å²) in [6.07, 6.45) is 1.35. The van der Waals surface area contributed by atoms with Crippen LogP contribution in [0.15, 0.2) is 53.6 Å². The summed E-state index contributed by atoms with van der Waals surface area (Å²) < 4.78 is 5.27. The molecule has 7 nitrogen and oxygen atoms in total. The van der Waals surface area contributed by atoms with Gasteiger partial charge < -0.3 is 15.2 Å². The highest BCUT2D eigenvalue weighted by Crippen LogP contribution is 2.26. The molecular weight excluding hydrogens is 334 g/mol. The highest BCUT2D eigenvalue weighted by Gasteiger charge is 2.16. The molecule has 0 fully saturated rings. The van der Waals surface area contributed by atoms with Gasteiger partial charge in [-0.3, -0.25) is 9.59 Å². The molecule has 136 valence electrons. The second-order valence-corrected chi connectivity index (χ2v) is 5.47. The molecule has 2 rings (SSSR count). The predicted octanol–water partition coefficient (Wildman–Crippen LogP) is 2.12. The summed E-state index contributed by atoms with van der Waals surface area (Å²) in [5.41, 5.74) is 3.66. The van der Waals surface area contributed by atoms with Gasteiger partial charge in [-0.1, -0.05) is 30.3 Å². The highest BCUT2D eigenvalue weighted by atomic mass is 16.5. The van der Waals surface area contributed by atoms with Crippen molar-refractivity contribution < 1.29 is 19.4 Å². The predicted molar refractivity (Wildman–Crippen MR) is 98.0 cm³/mol. The van der Waals surface area contributed by atoms with E-state index in [0.29, 0.717) is 17.9 Å². The minimum Gasteiger partial charge on any atom is -0.504 e. The lowest BCUT2D eigenvalue weighted by atomic mass is 10.1. The van der Waals surface area contributed by atoms with Crippen LogP contribution < -0.4 is 15.5 Å². The van der Waals surface area contributed by atoms with Crippen LogP contribution in [-0.2, 0) is 9.59 Å². The number of nitrogens with zero attached hydrogens (tertiary/aromatic N) is 1. The normalized spacial score (nSPS) is 11.8. The Kier molecular flexibility index (Phi) is 6.73. The van der Waals surface area contributed by atoms with E-state index in [9.17, 15) is 14.7 Å². The molecule has 3 N–H and O–H groups in total. The molecule has 0 aliphatic heterocycles. The monoisotopic (exact) mass is 355 g/mol. The van der Waals surface area contributed by atoms with Gasteiger partial charge in [0.15, 0.2) is 11.5 Å². The van der Waals surface area contributed by atoms with Crippen molar-refractivity contribution in [2.45, 2.75) is 19.9 Å². The lowest BCUT2D eigenvalue weighted by Crippen LogP contribution is -2.39. The fraction of sp³-hybridized carbons (Fsp3) is 0.211. The third-order valence-electron chi connectivity index (χ3n) is 3.52. The molecule has 2 aromatic rings. The van der Waals surface area contributed by atoms with Gasteiger partial charge in [0.2, 0.25) is 0 Å². The zero-order valence-electron chi connectivity index (χ0n) is 14.6. The van der Waals surface area contributed by atoms with Gasteiger partial charge in [0.25, 0.3) is 0 Å². The summed E-state index contributed by atoms with van der Waals surface area (Å²) in [6.45, 7) is 4.00. The van der Waals surface area contributed by atoms with Crippen molar-refractivity contribution >= 4 is 18.0 Å². The second-order valence-electron chi connectivity index (χ2n) is 5.47. The molecule has 2 amide bonds. The van der Waals surface area contributed by atoms with Crippen LogP contribution in [-0.4, -0.2) is 29.7 Å². The van der Waals surface area contributed by atoms with Crippen LogP contribution in [0, 0.1) is 0 Å². The SMILES string of the molecule is CCOc1cc(/C=N\NC(=O)C(=O)N[C@@H](C)c2ccccc2)ccc1O. The van der Waals surface area contributed by atoms with Crippen molar-refractivity contribution in [3.8, 4) is 11.5 Å². The maximum absolute atomic E-state index is 11.9. The van der Waals surface area contributed by atoms with Crippen molar-refractivity contribution in [3.63, 3.8) is 0 Å². The number of rotatable bonds is 6. The van der Waals surface area contributed by atoms with Crippen molar-refractivity contribution in [1.29, 1.82) is 0 Å². The van der Waals surface area contributed by atoms with Gasteiger partial charge >= 0.3 is 11.8 Å². The summed E-state index contributed by atoms with van der Waals surface area (Å²) in [6, 6.07) is 13.7. The minimum absolute atomic E-state index is 0.0160. The first-order valence-corrected chi connectivity index (χ1v) is 8.16. The van der Waals surface area contributed by atoms with E-state index >= 15 is 0 Å². The fourth-order valence-corrected chi connectivity index (χ4v) is 2.19. The van der Waals surface area contributed by atoms with Gasteiger partial charge in [0, 0.05) is 0 Å². The zero-order chi connectivity index (χ0) is 18.9. The van der Waals surface area contributed by atoms with Crippen molar-refractivity contribution in [1.82, 2.24) is 10.7 Å². The molecule has 0 bridgehead atoms. The van der Waals surface area contributed by atoms with Gasteiger partial charge in [-0.2, -0.15) is 5.10 Å². The number of hydrogen-bond acceptors (Lipinski definition) is 5. The van der Waals surface area contributed by atoms with E-state index in [2.05, 4.69) is 15.8 Å². The van der Waals surface area contributed by atoms with Gasteiger partial charge in [-0.05, 0) is 43.2 Å². The average Bonchev–Trinajstić information content (AvgIpc) is 2.65. The van der Waals surface area contributed by atoms with Crippen molar-refractivity contribution in [3.05, 3.63) is 59.7 Å². The van der Waals surface area contributed by atoms with Crippen LogP contribution in [0.25, 0.3) is 0 Å². The van der Waals surface area contributed by atoms with Crippen LogP contribution in [0.5, 0.6) is 11.5 Å². The molecule has 0 heterocycles. The number of carbonyl (C=O) groups excluding carboxylic acids is 2. The molecule has 26 heavy (non-hydrogen) atoms. The summed E-state index contributed by atoms with van der Waals surface area (Å²) >= 11 is 0. The van der Waals surface area contributed by atoms with E-state index in [1.165, 1.54) is 12.3 Å². The molecule has 0 saturated heterocycles. The molecule has 2 aromatic carbocycles. The maximum atomic E-state index is 11.9. The molecule has 1 atom stereocenters. The summed E-state index contributed by atoms with van der Waals surface area (Å²) in [7, 11) is 0. The highest BCUT2D eigenvalue weighted by molar-refractivity contribution is 6.35. The third kappa shape index (κ3) is 5.34. The number of aromatic hydroxyl groups is 1. The number of phenolic OH excluding ortho intramolecular Hbond substituents is 1. The molecule has 0 aliphatic carbocycles. The Morgan fingerprint density at radius 3 is 2.62 bits per heavy atom. The van der Waals surface area contributed by atoms with E-state index < -0.39 is 11.8 Å². The number of benzene rings is 2. The third-order valence-corrected chi connectivity index (χ3v) is 3.52. The molecule has 0 unspecified atom stereocenters. The minimum atomic E-state index is -0.868. The van der Waals surface area contributed by atoms with E-state index in [0.717, 1.165) is 5.56 Å². The van der Waals surface area contributed by atoms with Gasteiger partial charge in [0.1, 0.15) is 0 Å². The summed E-state index contributed by atoms with van der Waals surface area (Å²) in [5, 5.41) is 16.0. The number of hydrogen-bond donors (Lipinski definition) is 3. The molecule has 0 spiro atoms. The molecule has 0 aliphatic rings. The van der Waals surface area contributed by atoms with Crippen LogP contribution >= 0.6 is 0 Å². The first-order chi connectivity index (χ1) is 12.5. The van der Waals surface area contributed by atoms with Gasteiger partial charge in [-0.15, -0.1) is 0 Å². The largest absolute Gasteiger partial charge is 0.504 e. The first-order valence-electron chi connectivity index (χ1n) is 8.16. The van der Waals surface area contributed by atoms with E-state index in [1.54, 1.807) is 26.0 Å². The van der Waals surface area contributed by atoms with Crippen LogP contribution in [0.2, 0.25) is 0 Å². The lowest BCUT2D eigenvalue weighted by molar-refractivity contribution is -0.139. The standard InChI is InChI=1S/C19H21N3O4/c1-3-26-17-11-14(9-10-16(17)23)12-20-22-19(25)18(24)21-13(2)15-7-5-4-6-8-15/h4-13,23H,3H2,1-2H3,(H,21,24)(H,22,25)/b20-12-/t13-/m0/s1. The number of hydrazone groups is 1. The summed E-state index contributed by atoms with van der Waals surface area (Å²) in [5.74, 6) is -1.31. The van der Waals surface area contributed by atoms with Gasteiger partial charge in [-0.25, -0.2) is 5.43 Å². The molecule has 0 saturated carbocycles. The molecule has 7 heteroatoms. The topological polar surface area (TPSA) is 100 Å². The lowest BCUT2D eigenvalue weighted by Gasteiger charge is -2.13. The van der Waals surface area contributed by atoms with Crippen LogP contribution in [0.3, 0.4) is 0 Å². The Labute approximate surface area is 151 Å². The van der Waals surface area contributed by atoms with Gasteiger partial charge in [0.05, 0.1) is 18.9 Å². The van der Waals surface area contributed by atoms with E-state index in [-0.39, 0.29) is 11.8 Å². The number of phenols is 1. The van der Waals surface area contributed by atoms with E-state index in [4.69, 9.17) is 4.74 Å². The Bertz CT molecular complexity index is 791. The molecule has 0 aromatic heterocycles. The Morgan fingerprint density at radius 2 is 1.92 bits per heavy atom.